The molecule has 4 nitrogen and oxygen atoms in total. The number of carbonyl (C=O) groups is 2. The van der Waals surface area contributed by atoms with E-state index in [1.165, 1.54) is 32.1 Å². The van der Waals surface area contributed by atoms with Gasteiger partial charge < -0.3 is 10.1 Å². The highest BCUT2D eigenvalue weighted by molar-refractivity contribution is 6.00. The molecule has 2 unspecified atom stereocenters. The molecule has 1 heterocycles. The van der Waals surface area contributed by atoms with Gasteiger partial charge in [-0.25, -0.2) is 0 Å². The topological polar surface area (TPSA) is 55.4 Å². The van der Waals surface area contributed by atoms with Crippen molar-refractivity contribution in [2.24, 2.45) is 11.8 Å². The number of Topliss-reactive ketones (excluding diaryl/α,β-unsaturated/α-hetero) is 1. The SMILES string of the molecule is COc1ccccc1C1CC(=O)C2=C(C1)NC(C)=C(C=O)C2C1CCCCCCC1. The fourth-order valence-corrected chi connectivity index (χ4v) is 5.79. The Balaban J connectivity index is 1.70. The van der Waals surface area contributed by atoms with Crippen LogP contribution in [0.1, 0.15) is 76.2 Å². The zero-order valence-corrected chi connectivity index (χ0v) is 18.2. The third-order valence-electron chi connectivity index (χ3n) is 7.25. The van der Waals surface area contributed by atoms with Crippen LogP contribution in [0.15, 0.2) is 46.8 Å². The van der Waals surface area contributed by atoms with Gasteiger partial charge in [-0.15, -0.1) is 0 Å². The van der Waals surface area contributed by atoms with Crippen LogP contribution in [0.5, 0.6) is 5.75 Å². The summed E-state index contributed by atoms with van der Waals surface area (Å²) in [5, 5.41) is 3.45. The summed E-state index contributed by atoms with van der Waals surface area (Å²) < 4.78 is 5.56. The molecule has 1 aliphatic heterocycles. The van der Waals surface area contributed by atoms with E-state index in [2.05, 4.69) is 11.4 Å². The Hall–Kier alpha value is -2.36. The predicted molar refractivity (Wildman–Crippen MR) is 118 cm³/mol. The Kier molecular flexibility index (Phi) is 6.40. The quantitative estimate of drug-likeness (QED) is 0.675. The van der Waals surface area contributed by atoms with Crippen LogP contribution < -0.4 is 10.1 Å². The smallest absolute Gasteiger partial charge is 0.161 e. The minimum Gasteiger partial charge on any atom is -0.496 e. The molecule has 1 N–H and O–H groups in total. The molecule has 4 rings (SSSR count). The number of carbonyl (C=O) groups excluding carboxylic acids is 2. The Morgan fingerprint density at radius 1 is 1.03 bits per heavy atom. The van der Waals surface area contributed by atoms with Crippen LogP contribution in [0.4, 0.5) is 0 Å². The molecule has 160 valence electrons. The minimum atomic E-state index is -0.0389. The second-order valence-electron chi connectivity index (χ2n) is 9.07. The van der Waals surface area contributed by atoms with Gasteiger partial charge in [-0.2, -0.15) is 0 Å². The number of ether oxygens (including phenoxy) is 1. The Morgan fingerprint density at radius 2 is 1.73 bits per heavy atom. The third-order valence-corrected chi connectivity index (χ3v) is 7.25. The lowest BCUT2D eigenvalue weighted by Gasteiger charge is -2.40. The molecule has 0 bridgehead atoms. The van der Waals surface area contributed by atoms with E-state index in [1.54, 1.807) is 7.11 Å². The second-order valence-corrected chi connectivity index (χ2v) is 9.07. The summed E-state index contributed by atoms with van der Waals surface area (Å²) in [5.74, 6) is 1.48. The molecule has 1 aromatic rings. The summed E-state index contributed by atoms with van der Waals surface area (Å²) in [6.07, 6.45) is 10.7. The number of hydrogen-bond acceptors (Lipinski definition) is 4. The standard InChI is InChI=1S/C26H33NO3/c1-17-21(16-28)25(18-10-6-4-3-5-7-11-18)26-22(27-17)14-19(15-23(26)29)20-12-8-9-13-24(20)30-2/h8-9,12-13,16,18-19,25,27H,3-7,10-11,14-15H2,1-2H3. The summed E-state index contributed by atoms with van der Waals surface area (Å²) in [7, 11) is 1.68. The van der Waals surface area contributed by atoms with Gasteiger partial charge in [-0.05, 0) is 43.7 Å². The van der Waals surface area contributed by atoms with Crippen molar-refractivity contribution in [3.63, 3.8) is 0 Å². The van der Waals surface area contributed by atoms with Crippen molar-refractivity contribution < 1.29 is 14.3 Å². The lowest BCUT2D eigenvalue weighted by atomic mass is 9.67. The number of benzene rings is 1. The first-order valence-electron chi connectivity index (χ1n) is 11.5. The van der Waals surface area contributed by atoms with Crippen LogP contribution >= 0.6 is 0 Å². The number of ketones is 1. The third kappa shape index (κ3) is 3.97. The van der Waals surface area contributed by atoms with E-state index >= 15 is 0 Å². The van der Waals surface area contributed by atoms with Crippen LogP contribution in [0.2, 0.25) is 0 Å². The van der Waals surface area contributed by atoms with Crippen molar-refractivity contribution in [3.05, 3.63) is 52.4 Å². The summed E-state index contributed by atoms with van der Waals surface area (Å²) in [6.45, 7) is 1.99. The van der Waals surface area contributed by atoms with Crippen LogP contribution in [0, 0.1) is 11.8 Å². The van der Waals surface area contributed by atoms with Crippen molar-refractivity contribution >= 4 is 12.1 Å². The monoisotopic (exact) mass is 407 g/mol. The Bertz CT molecular complexity index is 874. The molecule has 2 aliphatic carbocycles. The maximum atomic E-state index is 13.5. The van der Waals surface area contributed by atoms with Gasteiger partial charge in [0.25, 0.3) is 0 Å². The minimum absolute atomic E-state index is 0.0389. The molecule has 0 spiro atoms. The number of rotatable bonds is 4. The molecule has 1 aromatic carbocycles. The molecule has 2 atom stereocenters. The maximum Gasteiger partial charge on any atom is 0.161 e. The first-order chi connectivity index (χ1) is 14.6. The molecule has 30 heavy (non-hydrogen) atoms. The molecular weight excluding hydrogens is 374 g/mol. The van der Waals surface area contributed by atoms with Gasteiger partial charge in [0.15, 0.2) is 5.78 Å². The zero-order valence-electron chi connectivity index (χ0n) is 18.2. The fraction of sp³-hybridized carbons (Fsp3) is 0.538. The molecule has 4 heteroatoms. The first-order valence-corrected chi connectivity index (χ1v) is 11.5. The average Bonchev–Trinajstić information content (AvgIpc) is 2.72. The molecule has 1 saturated carbocycles. The van der Waals surface area contributed by atoms with Crippen LogP contribution in [-0.4, -0.2) is 19.2 Å². The Labute approximate surface area is 179 Å². The number of nitrogens with one attached hydrogen (secondary N) is 1. The predicted octanol–water partition coefficient (Wildman–Crippen LogP) is 5.45. The van der Waals surface area contributed by atoms with Crippen molar-refractivity contribution in [2.45, 2.75) is 70.6 Å². The number of hydrogen-bond donors (Lipinski definition) is 1. The second kappa shape index (κ2) is 9.20. The van der Waals surface area contributed by atoms with Crippen molar-refractivity contribution in [1.29, 1.82) is 0 Å². The molecule has 0 aromatic heterocycles. The van der Waals surface area contributed by atoms with E-state index in [9.17, 15) is 9.59 Å². The summed E-state index contributed by atoms with van der Waals surface area (Å²) >= 11 is 0. The van der Waals surface area contributed by atoms with Gasteiger partial charge in [-0.3, -0.25) is 9.59 Å². The number of aldehydes is 1. The molecule has 0 radical (unpaired) electrons. The number of dihydropyridines is 1. The first kappa shape index (κ1) is 20.9. The van der Waals surface area contributed by atoms with E-state index in [0.717, 1.165) is 59.4 Å². The van der Waals surface area contributed by atoms with Gasteiger partial charge in [0.2, 0.25) is 0 Å². The van der Waals surface area contributed by atoms with Gasteiger partial charge in [0, 0.05) is 40.8 Å². The summed E-state index contributed by atoms with van der Waals surface area (Å²) in [6, 6.07) is 8.00. The van der Waals surface area contributed by atoms with E-state index in [1.807, 2.05) is 25.1 Å². The van der Waals surface area contributed by atoms with Crippen molar-refractivity contribution in [2.75, 3.05) is 7.11 Å². The van der Waals surface area contributed by atoms with Gasteiger partial charge in [0.1, 0.15) is 12.0 Å². The van der Waals surface area contributed by atoms with Gasteiger partial charge in [0.05, 0.1) is 7.11 Å². The largest absolute Gasteiger partial charge is 0.496 e. The van der Waals surface area contributed by atoms with Crippen LogP contribution in [0.3, 0.4) is 0 Å². The average molecular weight is 408 g/mol. The lowest BCUT2D eigenvalue weighted by molar-refractivity contribution is -0.117. The van der Waals surface area contributed by atoms with Crippen LogP contribution in [0.25, 0.3) is 0 Å². The highest BCUT2D eigenvalue weighted by atomic mass is 16.5. The van der Waals surface area contributed by atoms with E-state index < -0.39 is 0 Å². The highest BCUT2D eigenvalue weighted by Crippen LogP contribution is 2.47. The van der Waals surface area contributed by atoms with Crippen molar-refractivity contribution in [1.82, 2.24) is 5.32 Å². The van der Waals surface area contributed by atoms with E-state index in [-0.39, 0.29) is 17.6 Å². The molecule has 0 saturated heterocycles. The molecule has 0 amide bonds. The summed E-state index contributed by atoms with van der Waals surface area (Å²) in [4.78, 5) is 25.6. The molecule has 3 aliphatic rings. The number of allylic oxidation sites excluding steroid dienone is 4. The zero-order chi connectivity index (χ0) is 21.1. The number of para-hydroxylation sites is 1. The molecular formula is C26H33NO3. The van der Waals surface area contributed by atoms with E-state index in [0.29, 0.717) is 12.3 Å². The van der Waals surface area contributed by atoms with Gasteiger partial charge >= 0.3 is 0 Å². The lowest BCUT2D eigenvalue weighted by Crippen LogP contribution is -2.38. The molecule has 1 fully saturated rings. The van der Waals surface area contributed by atoms with Crippen LogP contribution in [-0.2, 0) is 9.59 Å². The Morgan fingerprint density at radius 3 is 2.43 bits per heavy atom. The normalized spacial score (nSPS) is 25.9. The van der Waals surface area contributed by atoms with E-state index in [4.69, 9.17) is 4.74 Å². The summed E-state index contributed by atoms with van der Waals surface area (Å²) in [5.41, 5.74) is 4.72. The fourth-order valence-electron chi connectivity index (χ4n) is 5.79. The van der Waals surface area contributed by atoms with Crippen molar-refractivity contribution in [3.8, 4) is 5.75 Å². The highest BCUT2D eigenvalue weighted by Gasteiger charge is 2.41. The van der Waals surface area contributed by atoms with Gasteiger partial charge in [-0.1, -0.05) is 50.3 Å². The number of methoxy groups -OCH3 is 1. The maximum absolute atomic E-state index is 13.5.